The summed E-state index contributed by atoms with van der Waals surface area (Å²) in [5, 5.41) is 0. The van der Waals surface area contributed by atoms with Gasteiger partial charge in [-0.15, -0.1) is 0 Å². The van der Waals surface area contributed by atoms with Crippen molar-refractivity contribution in [3.8, 4) is 0 Å². The Labute approximate surface area is 113 Å². The molecule has 0 N–H and O–H groups in total. The highest BCUT2D eigenvalue weighted by Crippen LogP contribution is 2.37. The molecule has 1 fully saturated rings. The van der Waals surface area contributed by atoms with Crippen LogP contribution in [-0.2, 0) is 20.7 Å². The number of aryl methyl sites for hydroxylation is 1. The highest BCUT2D eigenvalue weighted by Gasteiger charge is 2.46. The van der Waals surface area contributed by atoms with E-state index in [1.807, 2.05) is 31.2 Å². The van der Waals surface area contributed by atoms with Gasteiger partial charge in [0.15, 0.2) is 12.1 Å². The summed E-state index contributed by atoms with van der Waals surface area (Å²) in [7, 11) is 0. The van der Waals surface area contributed by atoms with Crippen molar-refractivity contribution in [3.63, 3.8) is 0 Å². The third-order valence-corrected chi connectivity index (χ3v) is 3.84. The van der Waals surface area contributed by atoms with Crippen molar-refractivity contribution >= 4 is 5.78 Å². The normalized spacial score (nSPS) is 33.4. The van der Waals surface area contributed by atoms with E-state index in [2.05, 4.69) is 12.1 Å². The van der Waals surface area contributed by atoms with E-state index in [0.717, 1.165) is 12.8 Å². The Hall–Kier alpha value is -1.45. The summed E-state index contributed by atoms with van der Waals surface area (Å²) in [6, 6.07) is 10.3. The lowest BCUT2D eigenvalue weighted by Gasteiger charge is -2.27. The Balaban J connectivity index is 1.61. The van der Waals surface area contributed by atoms with Gasteiger partial charge in [-0.25, -0.2) is 0 Å². The van der Waals surface area contributed by atoms with Crippen LogP contribution in [0.2, 0.25) is 0 Å². The minimum atomic E-state index is -0.435. The average Bonchev–Trinajstić information content (AvgIpc) is 2.74. The quantitative estimate of drug-likeness (QED) is 0.836. The van der Waals surface area contributed by atoms with Gasteiger partial charge in [-0.2, -0.15) is 0 Å². The van der Waals surface area contributed by atoms with Gasteiger partial charge in [0.1, 0.15) is 11.7 Å². The smallest absolute Gasteiger partial charge is 0.159 e. The van der Waals surface area contributed by atoms with E-state index < -0.39 is 5.60 Å². The summed E-state index contributed by atoms with van der Waals surface area (Å²) in [5.41, 5.74) is 0.844. The number of ether oxygens (including phenoxy) is 2. The molecule has 1 aromatic rings. The first-order valence-corrected chi connectivity index (χ1v) is 6.75. The molecule has 3 heteroatoms. The minimum Gasteiger partial charge on any atom is -0.346 e. The summed E-state index contributed by atoms with van der Waals surface area (Å²) < 4.78 is 11.8. The Morgan fingerprint density at radius 3 is 2.89 bits per heavy atom. The lowest BCUT2D eigenvalue weighted by atomic mass is 9.89. The topological polar surface area (TPSA) is 35.5 Å². The van der Waals surface area contributed by atoms with Crippen LogP contribution >= 0.6 is 0 Å². The Kier molecular flexibility index (Phi) is 3.25. The number of allylic oxidation sites excluding steroid dienone is 1. The molecule has 1 aromatic carbocycles. The number of benzene rings is 1. The summed E-state index contributed by atoms with van der Waals surface area (Å²) in [4.78, 5) is 11.4. The highest BCUT2D eigenvalue weighted by atomic mass is 16.7. The molecule has 0 saturated carbocycles. The largest absolute Gasteiger partial charge is 0.346 e. The predicted molar refractivity (Wildman–Crippen MR) is 71.7 cm³/mol. The number of hydrogen-bond donors (Lipinski definition) is 0. The number of fused-ring (bicyclic) bond motifs is 1. The molecule has 0 spiro atoms. The third-order valence-electron chi connectivity index (χ3n) is 3.84. The van der Waals surface area contributed by atoms with Crippen LogP contribution in [0.1, 0.15) is 25.3 Å². The molecule has 3 rings (SSSR count). The molecule has 1 aliphatic carbocycles. The van der Waals surface area contributed by atoms with Crippen molar-refractivity contribution in [2.24, 2.45) is 0 Å². The molecule has 19 heavy (non-hydrogen) atoms. The molecule has 1 aliphatic heterocycles. The predicted octanol–water partition coefficient (Wildman–Crippen LogP) is 2.65. The van der Waals surface area contributed by atoms with E-state index in [9.17, 15) is 4.79 Å². The molecule has 2 aliphatic rings. The van der Waals surface area contributed by atoms with E-state index >= 15 is 0 Å². The molecular formula is C16H18O3. The van der Waals surface area contributed by atoms with E-state index in [-0.39, 0.29) is 18.2 Å². The van der Waals surface area contributed by atoms with Gasteiger partial charge in [0.2, 0.25) is 0 Å². The van der Waals surface area contributed by atoms with Crippen molar-refractivity contribution in [2.45, 2.75) is 44.2 Å². The highest BCUT2D eigenvalue weighted by molar-refractivity contribution is 5.91. The molecule has 0 radical (unpaired) electrons. The van der Waals surface area contributed by atoms with Gasteiger partial charge in [0.05, 0.1) is 0 Å². The fourth-order valence-corrected chi connectivity index (χ4v) is 2.67. The van der Waals surface area contributed by atoms with Gasteiger partial charge in [-0.3, -0.25) is 4.79 Å². The van der Waals surface area contributed by atoms with Crippen molar-refractivity contribution in [1.29, 1.82) is 0 Å². The summed E-state index contributed by atoms with van der Waals surface area (Å²) in [5.74, 6) is 0.120. The van der Waals surface area contributed by atoms with Gasteiger partial charge in [-0.05, 0) is 31.1 Å². The van der Waals surface area contributed by atoms with Crippen molar-refractivity contribution < 1.29 is 14.3 Å². The van der Waals surface area contributed by atoms with E-state index in [1.165, 1.54) is 5.56 Å². The van der Waals surface area contributed by atoms with Crippen LogP contribution in [0.3, 0.4) is 0 Å². The fraction of sp³-hybridized carbons (Fsp3) is 0.438. The second-order valence-electron chi connectivity index (χ2n) is 5.38. The van der Waals surface area contributed by atoms with Gasteiger partial charge in [0.25, 0.3) is 0 Å². The molecule has 3 atom stereocenters. The molecule has 100 valence electrons. The molecule has 3 nitrogen and oxygen atoms in total. The zero-order valence-corrected chi connectivity index (χ0v) is 11.0. The second-order valence-corrected chi connectivity index (χ2v) is 5.38. The van der Waals surface area contributed by atoms with Crippen molar-refractivity contribution in [1.82, 2.24) is 0 Å². The first-order valence-electron chi connectivity index (χ1n) is 6.75. The monoisotopic (exact) mass is 258 g/mol. The maximum Gasteiger partial charge on any atom is 0.159 e. The van der Waals surface area contributed by atoms with E-state index in [1.54, 1.807) is 6.08 Å². The molecule has 1 heterocycles. The van der Waals surface area contributed by atoms with Crippen LogP contribution in [0, 0.1) is 0 Å². The van der Waals surface area contributed by atoms with Gasteiger partial charge < -0.3 is 9.47 Å². The van der Waals surface area contributed by atoms with Crippen LogP contribution in [0.25, 0.3) is 0 Å². The fourth-order valence-electron chi connectivity index (χ4n) is 2.67. The first kappa shape index (κ1) is 12.6. The number of hydrogen-bond acceptors (Lipinski definition) is 3. The van der Waals surface area contributed by atoms with Crippen LogP contribution < -0.4 is 0 Å². The van der Waals surface area contributed by atoms with Gasteiger partial charge >= 0.3 is 0 Å². The summed E-state index contributed by atoms with van der Waals surface area (Å²) >= 11 is 0. The lowest BCUT2D eigenvalue weighted by molar-refractivity contribution is -0.118. The number of carbonyl (C=O) groups is 1. The van der Waals surface area contributed by atoms with Crippen LogP contribution in [0.5, 0.6) is 0 Å². The van der Waals surface area contributed by atoms with E-state index in [0.29, 0.717) is 6.42 Å². The number of carbonyl (C=O) groups excluding carboxylic acids is 1. The first-order chi connectivity index (χ1) is 9.16. The zero-order chi connectivity index (χ0) is 13.3. The third kappa shape index (κ3) is 2.62. The van der Waals surface area contributed by atoms with Crippen molar-refractivity contribution in [2.75, 3.05) is 0 Å². The maximum absolute atomic E-state index is 11.4. The Bertz CT molecular complexity index is 494. The zero-order valence-electron chi connectivity index (χ0n) is 11.0. The Morgan fingerprint density at radius 1 is 1.32 bits per heavy atom. The standard InChI is InChI=1S/C16H18O3/c1-16-10-9-13(17)11-14(16)18-15(19-16)8-7-12-5-3-2-4-6-12/h2-6,9-10,14-15H,7-8,11H2,1H3/t14-,15+,16+/m0/s1. The molecule has 1 saturated heterocycles. The summed E-state index contributed by atoms with van der Waals surface area (Å²) in [6.45, 7) is 1.99. The van der Waals surface area contributed by atoms with Gasteiger partial charge in [0, 0.05) is 12.8 Å². The maximum atomic E-state index is 11.4. The van der Waals surface area contributed by atoms with Gasteiger partial charge in [-0.1, -0.05) is 30.3 Å². The average molecular weight is 258 g/mol. The number of rotatable bonds is 3. The molecule has 0 aromatic heterocycles. The molecule has 0 bridgehead atoms. The second kappa shape index (κ2) is 4.91. The lowest BCUT2D eigenvalue weighted by Crippen LogP contribution is -2.38. The van der Waals surface area contributed by atoms with Crippen LogP contribution in [-0.4, -0.2) is 23.8 Å². The van der Waals surface area contributed by atoms with Crippen molar-refractivity contribution in [3.05, 3.63) is 48.0 Å². The van der Waals surface area contributed by atoms with E-state index in [4.69, 9.17) is 9.47 Å². The SMILES string of the molecule is C[C@@]12C=CC(=O)C[C@@H]1O[C@@H](CCc1ccccc1)O2. The van der Waals surface area contributed by atoms with Crippen LogP contribution in [0.15, 0.2) is 42.5 Å². The number of ketones is 1. The molecular weight excluding hydrogens is 240 g/mol. The Morgan fingerprint density at radius 2 is 2.11 bits per heavy atom. The minimum absolute atomic E-state index is 0.120. The summed E-state index contributed by atoms with van der Waals surface area (Å²) in [6.07, 6.45) is 5.27. The van der Waals surface area contributed by atoms with Crippen LogP contribution in [0.4, 0.5) is 0 Å². The molecule has 0 unspecified atom stereocenters. The molecule has 0 amide bonds.